The molecule has 128 valence electrons. The highest BCUT2D eigenvalue weighted by Crippen LogP contribution is 2.30. The molecule has 0 bridgehead atoms. The maximum absolute atomic E-state index is 9.50. The molecule has 0 radical (unpaired) electrons. The zero-order valence-electron chi connectivity index (χ0n) is 12.6. The van der Waals surface area contributed by atoms with E-state index in [0.717, 1.165) is 0 Å². The molecule has 6 N–H and O–H groups in total. The molecule has 0 spiro atoms. The van der Waals surface area contributed by atoms with Gasteiger partial charge in [0.15, 0.2) is 0 Å². The first-order chi connectivity index (χ1) is 10.1. The van der Waals surface area contributed by atoms with Gasteiger partial charge in [0.1, 0.15) is 0 Å². The standard InChI is InChI=1S/C14H30O7/c15-5-1-13(9-19,2-6-16)11-21-12-14(10-20,3-7-17)4-8-18/h15-20H,1-12H2. The van der Waals surface area contributed by atoms with E-state index in [-0.39, 0.29) is 52.9 Å². The minimum absolute atomic E-state index is 0.123. The third kappa shape index (κ3) is 7.01. The van der Waals surface area contributed by atoms with Gasteiger partial charge in [0, 0.05) is 37.3 Å². The third-order valence-electron chi connectivity index (χ3n) is 4.06. The molecule has 0 aromatic rings. The summed E-state index contributed by atoms with van der Waals surface area (Å²) in [7, 11) is 0. The van der Waals surface area contributed by atoms with Crippen molar-refractivity contribution < 1.29 is 35.4 Å². The summed E-state index contributed by atoms with van der Waals surface area (Å²) in [5.41, 5.74) is -1.44. The molecule has 0 aliphatic rings. The molecule has 0 aliphatic heterocycles. The Labute approximate surface area is 125 Å². The summed E-state index contributed by atoms with van der Waals surface area (Å²) in [5, 5.41) is 55.3. The maximum atomic E-state index is 9.50. The molecule has 0 atom stereocenters. The summed E-state index contributed by atoms with van der Waals surface area (Å²) >= 11 is 0. The smallest absolute Gasteiger partial charge is 0.0546 e. The average Bonchev–Trinajstić information content (AvgIpc) is 2.48. The van der Waals surface area contributed by atoms with Gasteiger partial charge < -0.3 is 35.4 Å². The zero-order valence-corrected chi connectivity index (χ0v) is 12.6. The summed E-state index contributed by atoms with van der Waals surface area (Å²) in [6.45, 7) is -0.678. The van der Waals surface area contributed by atoms with Gasteiger partial charge in [-0.05, 0) is 25.7 Å². The van der Waals surface area contributed by atoms with Crippen LogP contribution in [0.3, 0.4) is 0 Å². The van der Waals surface area contributed by atoms with E-state index in [1.807, 2.05) is 0 Å². The van der Waals surface area contributed by atoms with Gasteiger partial charge in [0.05, 0.1) is 26.4 Å². The normalized spacial score (nSPS) is 12.9. The van der Waals surface area contributed by atoms with Crippen LogP contribution in [0.5, 0.6) is 0 Å². The first-order valence-corrected chi connectivity index (χ1v) is 7.30. The minimum atomic E-state index is -0.719. The highest BCUT2D eigenvalue weighted by molar-refractivity contribution is 4.81. The molecule has 0 amide bonds. The molecule has 0 aromatic carbocycles. The minimum Gasteiger partial charge on any atom is -0.396 e. The highest BCUT2D eigenvalue weighted by Gasteiger charge is 2.33. The molecule has 0 heterocycles. The van der Waals surface area contributed by atoms with Crippen LogP contribution in [0.2, 0.25) is 0 Å². The highest BCUT2D eigenvalue weighted by atomic mass is 16.5. The number of aliphatic hydroxyl groups excluding tert-OH is 6. The van der Waals surface area contributed by atoms with E-state index < -0.39 is 10.8 Å². The Kier molecular flexibility index (Phi) is 11.2. The van der Waals surface area contributed by atoms with Crippen LogP contribution in [-0.4, -0.2) is 83.5 Å². The monoisotopic (exact) mass is 310 g/mol. The van der Waals surface area contributed by atoms with Gasteiger partial charge in [-0.15, -0.1) is 0 Å². The van der Waals surface area contributed by atoms with Gasteiger partial charge in [-0.25, -0.2) is 0 Å². The van der Waals surface area contributed by atoms with Gasteiger partial charge in [0.2, 0.25) is 0 Å². The lowest BCUT2D eigenvalue weighted by Crippen LogP contribution is -2.38. The molecule has 0 saturated heterocycles. The van der Waals surface area contributed by atoms with Crippen molar-refractivity contribution in [2.24, 2.45) is 10.8 Å². The van der Waals surface area contributed by atoms with Crippen molar-refractivity contribution in [2.45, 2.75) is 25.7 Å². The zero-order chi connectivity index (χ0) is 16.2. The number of hydrogen-bond acceptors (Lipinski definition) is 7. The Hall–Kier alpha value is -0.280. The van der Waals surface area contributed by atoms with Crippen molar-refractivity contribution >= 4 is 0 Å². The Morgan fingerprint density at radius 3 is 1.00 bits per heavy atom. The van der Waals surface area contributed by atoms with Gasteiger partial charge in [0.25, 0.3) is 0 Å². The van der Waals surface area contributed by atoms with Crippen molar-refractivity contribution in [1.29, 1.82) is 0 Å². The second kappa shape index (κ2) is 11.3. The molecule has 0 aromatic heterocycles. The van der Waals surface area contributed by atoms with Crippen LogP contribution >= 0.6 is 0 Å². The SMILES string of the molecule is OCCC(CO)(CCO)COCC(CO)(CCO)CCO. The molecular weight excluding hydrogens is 280 g/mol. The van der Waals surface area contributed by atoms with Gasteiger partial charge >= 0.3 is 0 Å². The second-order valence-corrected chi connectivity index (χ2v) is 5.70. The summed E-state index contributed by atoms with van der Waals surface area (Å²) in [6, 6.07) is 0. The topological polar surface area (TPSA) is 131 Å². The van der Waals surface area contributed by atoms with Gasteiger partial charge in [-0.3, -0.25) is 0 Å². The Bertz CT molecular complexity index is 211. The van der Waals surface area contributed by atoms with Crippen LogP contribution in [0.25, 0.3) is 0 Å². The van der Waals surface area contributed by atoms with Crippen molar-refractivity contribution in [1.82, 2.24) is 0 Å². The molecule has 21 heavy (non-hydrogen) atoms. The van der Waals surface area contributed by atoms with Crippen LogP contribution < -0.4 is 0 Å². The number of ether oxygens (including phenoxy) is 1. The molecule has 0 aliphatic carbocycles. The lowest BCUT2D eigenvalue weighted by atomic mass is 9.82. The largest absolute Gasteiger partial charge is 0.396 e. The van der Waals surface area contributed by atoms with Crippen molar-refractivity contribution in [3.8, 4) is 0 Å². The third-order valence-corrected chi connectivity index (χ3v) is 4.06. The van der Waals surface area contributed by atoms with Gasteiger partial charge in [-0.1, -0.05) is 0 Å². The van der Waals surface area contributed by atoms with Crippen LogP contribution in [0.1, 0.15) is 25.7 Å². The van der Waals surface area contributed by atoms with Crippen LogP contribution in [0, 0.1) is 10.8 Å². The van der Waals surface area contributed by atoms with Crippen LogP contribution in [-0.2, 0) is 4.74 Å². The Morgan fingerprint density at radius 2 is 0.810 bits per heavy atom. The van der Waals surface area contributed by atoms with Crippen molar-refractivity contribution in [2.75, 3.05) is 52.9 Å². The predicted molar refractivity (Wildman–Crippen MR) is 76.7 cm³/mol. The van der Waals surface area contributed by atoms with E-state index in [0.29, 0.717) is 25.7 Å². The first kappa shape index (κ1) is 20.7. The molecule has 0 saturated carbocycles. The lowest BCUT2D eigenvalue weighted by molar-refractivity contribution is -0.0704. The van der Waals surface area contributed by atoms with E-state index in [2.05, 4.69) is 0 Å². The maximum Gasteiger partial charge on any atom is 0.0546 e. The van der Waals surface area contributed by atoms with E-state index in [1.54, 1.807) is 0 Å². The van der Waals surface area contributed by atoms with E-state index in [4.69, 9.17) is 25.2 Å². The Balaban J connectivity index is 4.62. The molecule has 0 rings (SSSR count). The first-order valence-electron chi connectivity index (χ1n) is 7.30. The van der Waals surface area contributed by atoms with Crippen LogP contribution in [0.15, 0.2) is 0 Å². The quantitative estimate of drug-likeness (QED) is 0.230. The van der Waals surface area contributed by atoms with E-state index in [1.165, 1.54) is 0 Å². The fourth-order valence-electron chi connectivity index (χ4n) is 2.38. The van der Waals surface area contributed by atoms with E-state index >= 15 is 0 Å². The fraction of sp³-hybridized carbons (Fsp3) is 1.00. The van der Waals surface area contributed by atoms with Crippen LogP contribution in [0.4, 0.5) is 0 Å². The predicted octanol–water partition coefficient (Wildman–Crippen LogP) is -1.51. The molecule has 7 heteroatoms. The summed E-state index contributed by atoms with van der Waals surface area (Å²) in [6.07, 6.45) is 1.21. The summed E-state index contributed by atoms with van der Waals surface area (Å²) < 4.78 is 5.59. The average molecular weight is 310 g/mol. The van der Waals surface area contributed by atoms with Crippen molar-refractivity contribution in [3.63, 3.8) is 0 Å². The molecular formula is C14H30O7. The Morgan fingerprint density at radius 1 is 0.524 bits per heavy atom. The molecule has 0 fully saturated rings. The van der Waals surface area contributed by atoms with E-state index in [9.17, 15) is 10.2 Å². The van der Waals surface area contributed by atoms with Crippen molar-refractivity contribution in [3.05, 3.63) is 0 Å². The summed E-state index contributed by atoms with van der Waals surface area (Å²) in [5.74, 6) is 0. The molecule has 0 unspecified atom stereocenters. The summed E-state index contributed by atoms with van der Waals surface area (Å²) in [4.78, 5) is 0. The number of rotatable bonds is 14. The second-order valence-electron chi connectivity index (χ2n) is 5.70. The number of hydrogen-bond donors (Lipinski definition) is 6. The fourth-order valence-corrected chi connectivity index (χ4v) is 2.38. The number of aliphatic hydroxyl groups is 6. The lowest BCUT2D eigenvalue weighted by Gasteiger charge is -2.35. The molecule has 7 nitrogen and oxygen atoms in total. The van der Waals surface area contributed by atoms with Gasteiger partial charge in [-0.2, -0.15) is 0 Å².